The van der Waals surface area contributed by atoms with Crippen molar-refractivity contribution in [1.82, 2.24) is 4.90 Å². The summed E-state index contributed by atoms with van der Waals surface area (Å²) in [6, 6.07) is 7.66. The molecule has 0 saturated heterocycles. The van der Waals surface area contributed by atoms with E-state index in [1.165, 1.54) is 0 Å². The van der Waals surface area contributed by atoms with Crippen molar-refractivity contribution in [3.05, 3.63) is 33.4 Å². The average molecular weight is 360 g/mol. The highest BCUT2D eigenvalue weighted by atomic mass is 127. The number of rotatable bonds is 2. The van der Waals surface area contributed by atoms with Crippen molar-refractivity contribution in [3.8, 4) is 0 Å². The molecule has 0 N–H and O–H groups in total. The Labute approximate surface area is 119 Å². The lowest BCUT2D eigenvalue weighted by Crippen LogP contribution is -2.33. The number of halogens is 1. The van der Waals surface area contributed by atoms with Gasteiger partial charge < -0.3 is 0 Å². The molecule has 1 aromatic rings. The maximum absolute atomic E-state index is 12.4. The first-order valence-electron chi connectivity index (χ1n) is 5.47. The molecule has 0 spiro atoms. The topological polar surface area (TPSA) is 32.7 Å². The third-order valence-corrected chi connectivity index (χ3v) is 4.26. The van der Waals surface area contributed by atoms with Gasteiger partial charge in [0.05, 0.1) is 12.1 Å². The van der Waals surface area contributed by atoms with Crippen LogP contribution in [0.25, 0.3) is 0 Å². The van der Waals surface area contributed by atoms with Crippen LogP contribution in [0.5, 0.6) is 0 Å². The Morgan fingerprint density at radius 1 is 1.53 bits per heavy atom. The Hall–Kier alpha value is -0.560. The maximum atomic E-state index is 12.4. The molecule has 1 amide bonds. The number of carbonyl (C=O) groups is 1. The van der Waals surface area contributed by atoms with Crippen molar-refractivity contribution in [2.75, 3.05) is 18.8 Å². The van der Waals surface area contributed by atoms with E-state index >= 15 is 0 Å². The summed E-state index contributed by atoms with van der Waals surface area (Å²) < 4.78 is 0.989. The van der Waals surface area contributed by atoms with Gasteiger partial charge in [0.15, 0.2) is 5.17 Å². The minimum atomic E-state index is 0.0622. The molecule has 2 rings (SSSR count). The Morgan fingerprint density at radius 3 is 3.00 bits per heavy atom. The fourth-order valence-corrected chi connectivity index (χ4v) is 3.04. The largest absolute Gasteiger partial charge is 0.286 e. The van der Waals surface area contributed by atoms with Crippen LogP contribution in [0.15, 0.2) is 29.3 Å². The Kier molecular flexibility index (Phi) is 4.44. The van der Waals surface area contributed by atoms with Gasteiger partial charge in [-0.25, -0.2) is 0 Å². The number of thioether (sulfide) groups is 1. The predicted octanol–water partition coefficient (Wildman–Crippen LogP) is 2.86. The van der Waals surface area contributed by atoms with E-state index in [0.717, 1.165) is 26.6 Å². The SMILES string of the molecule is CCSC1=NCCN1C(=O)c1ccccc1I. The fraction of sp³-hybridized carbons (Fsp3) is 0.333. The minimum Gasteiger partial charge on any atom is -0.286 e. The van der Waals surface area contributed by atoms with Crippen molar-refractivity contribution in [3.63, 3.8) is 0 Å². The van der Waals surface area contributed by atoms with Gasteiger partial charge in [0.25, 0.3) is 5.91 Å². The lowest BCUT2D eigenvalue weighted by Gasteiger charge is -2.18. The zero-order chi connectivity index (χ0) is 12.3. The van der Waals surface area contributed by atoms with Crippen LogP contribution in [0.2, 0.25) is 0 Å². The number of hydrogen-bond donors (Lipinski definition) is 0. The van der Waals surface area contributed by atoms with E-state index < -0.39 is 0 Å². The van der Waals surface area contributed by atoms with Gasteiger partial charge >= 0.3 is 0 Å². The second-order valence-electron chi connectivity index (χ2n) is 3.53. The van der Waals surface area contributed by atoms with Gasteiger partial charge in [0.2, 0.25) is 0 Å². The summed E-state index contributed by atoms with van der Waals surface area (Å²) in [5.41, 5.74) is 0.763. The van der Waals surface area contributed by atoms with Crippen LogP contribution < -0.4 is 0 Å². The molecule has 1 heterocycles. The van der Waals surface area contributed by atoms with E-state index in [4.69, 9.17) is 0 Å². The molecule has 0 atom stereocenters. The van der Waals surface area contributed by atoms with Gasteiger partial charge in [-0.05, 0) is 40.5 Å². The Balaban J connectivity index is 2.21. The van der Waals surface area contributed by atoms with Gasteiger partial charge in [0, 0.05) is 10.1 Å². The third-order valence-electron chi connectivity index (χ3n) is 2.42. The minimum absolute atomic E-state index is 0.0622. The summed E-state index contributed by atoms with van der Waals surface area (Å²) >= 11 is 3.82. The van der Waals surface area contributed by atoms with Crippen molar-refractivity contribution < 1.29 is 4.79 Å². The summed E-state index contributed by atoms with van der Waals surface area (Å²) in [4.78, 5) is 18.5. The van der Waals surface area contributed by atoms with E-state index in [0.29, 0.717) is 6.54 Å². The Bertz CT molecular complexity index is 462. The molecule has 17 heavy (non-hydrogen) atoms. The molecule has 1 aromatic carbocycles. The molecule has 0 aromatic heterocycles. The second kappa shape index (κ2) is 5.86. The molecule has 1 aliphatic heterocycles. The highest BCUT2D eigenvalue weighted by Crippen LogP contribution is 2.20. The highest BCUT2D eigenvalue weighted by Gasteiger charge is 2.25. The lowest BCUT2D eigenvalue weighted by atomic mass is 10.2. The summed E-state index contributed by atoms with van der Waals surface area (Å²) in [7, 11) is 0. The van der Waals surface area contributed by atoms with Gasteiger partial charge in [0.1, 0.15) is 0 Å². The average Bonchev–Trinajstić information content (AvgIpc) is 2.78. The van der Waals surface area contributed by atoms with Crippen LogP contribution in [-0.2, 0) is 0 Å². The van der Waals surface area contributed by atoms with E-state index in [2.05, 4.69) is 34.5 Å². The smallest absolute Gasteiger partial charge is 0.260 e. The first kappa shape index (κ1) is 12.9. The zero-order valence-electron chi connectivity index (χ0n) is 9.52. The van der Waals surface area contributed by atoms with Gasteiger partial charge in [-0.15, -0.1) is 0 Å². The molecule has 0 bridgehead atoms. The van der Waals surface area contributed by atoms with Crippen molar-refractivity contribution >= 4 is 45.4 Å². The zero-order valence-corrected chi connectivity index (χ0v) is 12.5. The van der Waals surface area contributed by atoms with Crippen LogP contribution in [0.4, 0.5) is 0 Å². The van der Waals surface area contributed by atoms with Crippen LogP contribution in [0.1, 0.15) is 17.3 Å². The number of nitrogens with zero attached hydrogens (tertiary/aromatic N) is 2. The third kappa shape index (κ3) is 2.82. The molecule has 0 unspecified atom stereocenters. The molecular weight excluding hydrogens is 347 g/mol. The molecule has 90 valence electrons. The number of hydrogen-bond acceptors (Lipinski definition) is 3. The maximum Gasteiger partial charge on any atom is 0.260 e. The quantitative estimate of drug-likeness (QED) is 0.760. The van der Waals surface area contributed by atoms with E-state index in [1.54, 1.807) is 16.7 Å². The van der Waals surface area contributed by atoms with Gasteiger partial charge in [-0.1, -0.05) is 30.8 Å². The highest BCUT2D eigenvalue weighted by molar-refractivity contribution is 14.1. The predicted molar refractivity (Wildman–Crippen MR) is 80.6 cm³/mol. The molecule has 0 radical (unpaired) electrons. The van der Waals surface area contributed by atoms with Crippen LogP contribution >= 0.6 is 34.4 Å². The van der Waals surface area contributed by atoms with E-state index in [1.807, 2.05) is 24.3 Å². The van der Waals surface area contributed by atoms with Gasteiger partial charge in [-0.3, -0.25) is 14.7 Å². The number of aliphatic imine (C=N–C) groups is 1. The van der Waals surface area contributed by atoms with E-state index in [-0.39, 0.29) is 5.91 Å². The molecule has 0 aliphatic carbocycles. The normalized spacial score (nSPS) is 14.9. The van der Waals surface area contributed by atoms with Crippen LogP contribution in [0, 0.1) is 3.57 Å². The first-order chi connectivity index (χ1) is 8.24. The first-order valence-corrected chi connectivity index (χ1v) is 7.54. The van der Waals surface area contributed by atoms with Gasteiger partial charge in [-0.2, -0.15) is 0 Å². The Morgan fingerprint density at radius 2 is 2.29 bits per heavy atom. The van der Waals surface area contributed by atoms with Crippen molar-refractivity contribution in [1.29, 1.82) is 0 Å². The second-order valence-corrected chi connectivity index (χ2v) is 5.93. The summed E-state index contributed by atoms with van der Waals surface area (Å²) in [6.07, 6.45) is 0. The monoisotopic (exact) mass is 360 g/mol. The van der Waals surface area contributed by atoms with Crippen molar-refractivity contribution in [2.45, 2.75) is 6.92 Å². The fourth-order valence-electron chi connectivity index (χ4n) is 1.65. The molecule has 0 fully saturated rings. The van der Waals surface area contributed by atoms with E-state index in [9.17, 15) is 4.79 Å². The summed E-state index contributed by atoms with van der Waals surface area (Å²) in [5.74, 6) is 1.00. The van der Waals surface area contributed by atoms with Crippen molar-refractivity contribution in [2.24, 2.45) is 4.99 Å². The lowest BCUT2D eigenvalue weighted by molar-refractivity contribution is 0.0859. The molecule has 5 heteroatoms. The summed E-state index contributed by atoms with van der Waals surface area (Å²) in [5, 5.41) is 0.858. The molecule has 1 aliphatic rings. The number of amidine groups is 1. The standard InChI is InChI=1S/C12H13IN2OS/c1-2-17-12-14-7-8-15(12)11(16)9-5-3-4-6-10(9)13/h3-6H,2,7-8H2,1H3. The van der Waals surface area contributed by atoms with Crippen LogP contribution in [-0.4, -0.2) is 34.8 Å². The number of benzene rings is 1. The molecular formula is C12H13IN2OS. The summed E-state index contributed by atoms with van der Waals surface area (Å²) in [6.45, 7) is 3.49. The number of carbonyl (C=O) groups excluding carboxylic acids is 1. The van der Waals surface area contributed by atoms with Crippen LogP contribution in [0.3, 0.4) is 0 Å². The number of amides is 1. The molecule has 0 saturated carbocycles. The molecule has 3 nitrogen and oxygen atoms in total.